The molecule has 1 aromatic carbocycles. The van der Waals surface area contributed by atoms with Gasteiger partial charge in [0.15, 0.2) is 0 Å². The minimum atomic E-state index is -4.47. The Kier molecular flexibility index (Phi) is 5.28. The topological polar surface area (TPSA) is 57.6 Å². The van der Waals surface area contributed by atoms with Crippen molar-refractivity contribution in [3.05, 3.63) is 35.4 Å². The number of halogens is 3. The molecule has 0 radical (unpaired) electrons. The Morgan fingerprint density at radius 1 is 1.22 bits per heavy atom. The lowest BCUT2D eigenvalue weighted by Gasteiger charge is -2.33. The van der Waals surface area contributed by atoms with Crippen molar-refractivity contribution in [2.45, 2.75) is 31.9 Å². The SMILES string of the molecule is O=C(O)c1ccccc1CC(=O)N(CC1CCC1)CC(F)(F)F. The Morgan fingerprint density at radius 3 is 2.39 bits per heavy atom. The van der Waals surface area contributed by atoms with Crippen LogP contribution in [-0.4, -0.2) is 41.1 Å². The van der Waals surface area contributed by atoms with E-state index in [0.29, 0.717) is 0 Å². The van der Waals surface area contributed by atoms with Crippen LogP contribution in [0, 0.1) is 5.92 Å². The molecule has 1 aromatic rings. The van der Waals surface area contributed by atoms with Crippen molar-refractivity contribution < 1.29 is 27.9 Å². The van der Waals surface area contributed by atoms with Gasteiger partial charge in [0.25, 0.3) is 0 Å². The fraction of sp³-hybridized carbons (Fsp3) is 0.500. The first-order valence-electron chi connectivity index (χ1n) is 7.42. The minimum absolute atomic E-state index is 0.0588. The molecule has 1 aliphatic rings. The zero-order valence-electron chi connectivity index (χ0n) is 12.5. The molecule has 0 atom stereocenters. The molecule has 4 nitrogen and oxygen atoms in total. The van der Waals surface area contributed by atoms with Crippen LogP contribution in [-0.2, 0) is 11.2 Å². The van der Waals surface area contributed by atoms with Gasteiger partial charge in [-0.15, -0.1) is 0 Å². The summed E-state index contributed by atoms with van der Waals surface area (Å²) in [4.78, 5) is 24.2. The average Bonchev–Trinajstić information content (AvgIpc) is 2.40. The number of hydrogen-bond donors (Lipinski definition) is 1. The first-order valence-corrected chi connectivity index (χ1v) is 7.42. The van der Waals surface area contributed by atoms with Gasteiger partial charge in [0, 0.05) is 6.54 Å². The minimum Gasteiger partial charge on any atom is -0.478 e. The fourth-order valence-corrected chi connectivity index (χ4v) is 2.62. The molecule has 1 fully saturated rings. The van der Waals surface area contributed by atoms with Crippen molar-refractivity contribution in [3.63, 3.8) is 0 Å². The largest absolute Gasteiger partial charge is 0.478 e. The second kappa shape index (κ2) is 7.02. The average molecular weight is 329 g/mol. The summed E-state index contributed by atoms with van der Waals surface area (Å²) in [6.45, 7) is -1.22. The Morgan fingerprint density at radius 2 is 1.87 bits per heavy atom. The summed E-state index contributed by atoms with van der Waals surface area (Å²) in [6, 6.07) is 5.87. The highest BCUT2D eigenvalue weighted by molar-refractivity contribution is 5.91. The molecule has 126 valence electrons. The fourth-order valence-electron chi connectivity index (χ4n) is 2.62. The normalized spacial score (nSPS) is 15.1. The van der Waals surface area contributed by atoms with Crippen LogP contribution in [0.15, 0.2) is 24.3 Å². The van der Waals surface area contributed by atoms with E-state index >= 15 is 0 Å². The van der Waals surface area contributed by atoms with Gasteiger partial charge in [-0.1, -0.05) is 24.6 Å². The lowest BCUT2D eigenvalue weighted by molar-refractivity contribution is -0.162. The van der Waals surface area contributed by atoms with Crippen molar-refractivity contribution in [3.8, 4) is 0 Å². The molecule has 0 aliphatic heterocycles. The molecule has 1 aliphatic carbocycles. The third kappa shape index (κ3) is 4.97. The predicted octanol–water partition coefficient (Wildman–Crippen LogP) is 3.12. The number of alkyl halides is 3. The standard InChI is InChI=1S/C16H18F3NO3/c17-16(18,19)10-20(9-11-4-3-5-11)14(21)8-12-6-1-2-7-13(12)15(22)23/h1-2,6-7,11H,3-5,8-10H2,(H,22,23). The van der Waals surface area contributed by atoms with Gasteiger partial charge in [-0.3, -0.25) is 4.79 Å². The van der Waals surface area contributed by atoms with Crippen LogP contribution in [0.5, 0.6) is 0 Å². The number of aromatic carboxylic acids is 1. The Labute approximate surface area is 131 Å². The highest BCUT2D eigenvalue weighted by atomic mass is 19.4. The van der Waals surface area contributed by atoms with E-state index in [9.17, 15) is 22.8 Å². The van der Waals surface area contributed by atoms with Gasteiger partial charge >= 0.3 is 12.1 Å². The number of carboxylic acids is 1. The second-order valence-corrected chi connectivity index (χ2v) is 5.83. The summed E-state index contributed by atoms with van der Waals surface area (Å²) in [5, 5.41) is 9.09. The third-order valence-corrected chi connectivity index (χ3v) is 4.02. The summed E-state index contributed by atoms with van der Waals surface area (Å²) >= 11 is 0. The maximum atomic E-state index is 12.7. The quantitative estimate of drug-likeness (QED) is 0.872. The number of nitrogens with zero attached hydrogens (tertiary/aromatic N) is 1. The van der Waals surface area contributed by atoms with Crippen molar-refractivity contribution >= 4 is 11.9 Å². The van der Waals surface area contributed by atoms with Gasteiger partial charge in [0.05, 0.1) is 12.0 Å². The van der Waals surface area contributed by atoms with E-state index in [0.717, 1.165) is 24.2 Å². The van der Waals surface area contributed by atoms with Crippen LogP contribution in [0.4, 0.5) is 13.2 Å². The van der Waals surface area contributed by atoms with Crippen LogP contribution >= 0.6 is 0 Å². The van der Waals surface area contributed by atoms with Crippen LogP contribution in [0.25, 0.3) is 0 Å². The van der Waals surface area contributed by atoms with E-state index in [1.54, 1.807) is 6.07 Å². The number of carbonyl (C=O) groups excluding carboxylic acids is 1. The number of amides is 1. The smallest absolute Gasteiger partial charge is 0.406 e. The number of hydrogen-bond acceptors (Lipinski definition) is 2. The van der Waals surface area contributed by atoms with E-state index < -0.39 is 24.6 Å². The van der Waals surface area contributed by atoms with E-state index in [2.05, 4.69) is 0 Å². The van der Waals surface area contributed by atoms with Crippen LogP contribution in [0.3, 0.4) is 0 Å². The van der Waals surface area contributed by atoms with Gasteiger partial charge < -0.3 is 10.0 Å². The first-order chi connectivity index (χ1) is 10.8. The number of carboxylic acid groups (broad SMARTS) is 1. The van der Waals surface area contributed by atoms with E-state index in [1.807, 2.05) is 0 Å². The highest BCUT2D eigenvalue weighted by Gasteiger charge is 2.35. The third-order valence-electron chi connectivity index (χ3n) is 4.02. The molecule has 1 N–H and O–H groups in total. The van der Waals surface area contributed by atoms with Crippen LogP contribution in [0.1, 0.15) is 35.2 Å². The van der Waals surface area contributed by atoms with E-state index in [-0.39, 0.29) is 30.0 Å². The number of benzene rings is 1. The van der Waals surface area contributed by atoms with Gasteiger partial charge in [-0.25, -0.2) is 4.79 Å². The molecule has 1 saturated carbocycles. The summed E-state index contributed by atoms with van der Waals surface area (Å²) in [5.41, 5.74) is 0.169. The molecule has 0 unspecified atom stereocenters. The second-order valence-electron chi connectivity index (χ2n) is 5.83. The van der Waals surface area contributed by atoms with E-state index in [1.165, 1.54) is 18.2 Å². The maximum absolute atomic E-state index is 12.7. The van der Waals surface area contributed by atoms with Crippen LogP contribution < -0.4 is 0 Å². The van der Waals surface area contributed by atoms with Crippen molar-refractivity contribution in [2.24, 2.45) is 5.92 Å². The molecule has 2 rings (SSSR count). The monoisotopic (exact) mass is 329 g/mol. The predicted molar refractivity (Wildman–Crippen MR) is 77.1 cm³/mol. The van der Waals surface area contributed by atoms with E-state index in [4.69, 9.17) is 5.11 Å². The molecular formula is C16H18F3NO3. The zero-order valence-corrected chi connectivity index (χ0v) is 12.5. The lowest BCUT2D eigenvalue weighted by Crippen LogP contribution is -2.43. The highest BCUT2D eigenvalue weighted by Crippen LogP contribution is 2.28. The molecule has 0 bridgehead atoms. The number of rotatable bonds is 6. The van der Waals surface area contributed by atoms with Crippen LogP contribution in [0.2, 0.25) is 0 Å². The molecule has 0 spiro atoms. The Hall–Kier alpha value is -2.05. The first kappa shape index (κ1) is 17.3. The zero-order chi connectivity index (χ0) is 17.0. The van der Waals surface area contributed by atoms with Gasteiger partial charge in [-0.05, 0) is 30.4 Å². The molecule has 0 saturated heterocycles. The molecule has 1 amide bonds. The lowest BCUT2D eigenvalue weighted by atomic mass is 9.85. The van der Waals surface area contributed by atoms with Crippen molar-refractivity contribution in [1.29, 1.82) is 0 Å². The van der Waals surface area contributed by atoms with Crippen molar-refractivity contribution in [1.82, 2.24) is 4.90 Å². The van der Waals surface area contributed by atoms with Gasteiger partial charge in [0.2, 0.25) is 5.91 Å². The number of carbonyl (C=O) groups is 2. The molecule has 7 heteroatoms. The van der Waals surface area contributed by atoms with Gasteiger partial charge in [-0.2, -0.15) is 13.2 Å². The Bertz CT molecular complexity index is 582. The molecule has 23 heavy (non-hydrogen) atoms. The molecule has 0 heterocycles. The molecule has 0 aromatic heterocycles. The van der Waals surface area contributed by atoms with Crippen molar-refractivity contribution in [2.75, 3.05) is 13.1 Å². The molecular weight excluding hydrogens is 311 g/mol. The summed E-state index contributed by atoms with van der Waals surface area (Å²) in [6.07, 6.45) is -2.18. The maximum Gasteiger partial charge on any atom is 0.406 e. The van der Waals surface area contributed by atoms with Gasteiger partial charge in [0.1, 0.15) is 6.54 Å². The Balaban J connectivity index is 2.11. The summed E-state index contributed by atoms with van der Waals surface area (Å²) < 4.78 is 38.1. The summed E-state index contributed by atoms with van der Waals surface area (Å²) in [5.74, 6) is -1.78. The summed E-state index contributed by atoms with van der Waals surface area (Å²) in [7, 11) is 0.